The van der Waals surface area contributed by atoms with Crippen LogP contribution in [0.3, 0.4) is 0 Å². The van der Waals surface area contributed by atoms with Crippen molar-refractivity contribution in [2.75, 3.05) is 10.6 Å². The van der Waals surface area contributed by atoms with Crippen LogP contribution in [0.1, 0.15) is 63.4 Å². The van der Waals surface area contributed by atoms with Crippen molar-refractivity contribution < 1.29 is 18.8 Å². The summed E-state index contributed by atoms with van der Waals surface area (Å²) in [5.41, 5.74) is 11.8. The van der Waals surface area contributed by atoms with Gasteiger partial charge >= 0.3 is 0 Å². The lowest BCUT2D eigenvalue weighted by Crippen LogP contribution is -2.46. The number of fused-ring (bicyclic) bond motifs is 1. The number of nitrogens with zero attached hydrogens (tertiary/aromatic N) is 2. The summed E-state index contributed by atoms with van der Waals surface area (Å²) in [5.74, 6) is -0.860. The number of nitrogens with two attached hydrogens (primary N) is 2. The highest BCUT2D eigenvalue weighted by atomic mass is 32.1. The van der Waals surface area contributed by atoms with Gasteiger partial charge in [-0.25, -0.2) is 0 Å². The first kappa shape index (κ1) is 24.5. The molecule has 37 heavy (non-hydrogen) atoms. The van der Waals surface area contributed by atoms with Crippen molar-refractivity contribution in [3.8, 4) is 0 Å². The minimum Gasteiger partial charge on any atom is -0.464 e. The zero-order valence-electron chi connectivity index (χ0n) is 20.3. The van der Waals surface area contributed by atoms with Crippen LogP contribution in [0.5, 0.6) is 0 Å². The molecule has 4 aromatic rings. The van der Waals surface area contributed by atoms with E-state index in [4.69, 9.17) is 15.9 Å². The fourth-order valence-corrected chi connectivity index (χ4v) is 5.59. The SMILES string of the molecule is Cc1ccc([C@@H](C(=O)NC2CCCC2)N(C(=O)c2snc(C(N)=O)c2N)c2cccc3ccccc23)o1. The molecule has 1 atom stereocenters. The van der Waals surface area contributed by atoms with Gasteiger partial charge in [-0.3, -0.25) is 19.3 Å². The van der Waals surface area contributed by atoms with Gasteiger partial charge in [-0.2, -0.15) is 4.37 Å². The monoisotopic (exact) mass is 517 g/mol. The molecule has 1 aliphatic rings. The molecule has 1 aliphatic carbocycles. The average Bonchev–Trinajstić information content (AvgIpc) is 3.63. The van der Waals surface area contributed by atoms with Crippen molar-refractivity contribution in [2.24, 2.45) is 5.73 Å². The Labute approximate surface area is 217 Å². The van der Waals surface area contributed by atoms with Crippen LogP contribution in [-0.4, -0.2) is 28.1 Å². The van der Waals surface area contributed by atoms with E-state index in [9.17, 15) is 14.4 Å². The van der Waals surface area contributed by atoms with Crippen LogP contribution in [0, 0.1) is 6.92 Å². The predicted molar refractivity (Wildman–Crippen MR) is 142 cm³/mol. The van der Waals surface area contributed by atoms with E-state index < -0.39 is 17.9 Å². The molecule has 0 bridgehead atoms. The molecule has 5 rings (SSSR count). The third-order valence-electron chi connectivity index (χ3n) is 6.64. The standard InChI is InChI=1S/C27H27N5O4S/c1-15-13-14-20(36-15)23(26(34)30-17-9-3-4-10-17)32(19-12-6-8-16-7-2-5-11-18(16)19)27(35)24-21(28)22(25(29)33)31-37-24/h2,5-8,11-14,17,23H,3-4,9-10,28H2,1H3,(H2,29,33)(H,30,34)/t23-/m0/s1. The van der Waals surface area contributed by atoms with Gasteiger partial charge in [0.25, 0.3) is 17.7 Å². The summed E-state index contributed by atoms with van der Waals surface area (Å²) in [4.78, 5) is 41.4. The molecule has 0 aliphatic heterocycles. The van der Waals surface area contributed by atoms with Gasteiger partial charge < -0.3 is 21.2 Å². The second kappa shape index (κ2) is 10.1. The fourth-order valence-electron chi connectivity index (χ4n) is 4.85. The number of hydrogen-bond donors (Lipinski definition) is 3. The number of benzene rings is 2. The Hall–Kier alpha value is -4.18. The fraction of sp³-hybridized carbons (Fsp3) is 0.259. The number of aryl methyl sites for hydroxylation is 1. The molecular formula is C27H27N5O4S. The van der Waals surface area contributed by atoms with E-state index in [0.717, 1.165) is 48.0 Å². The summed E-state index contributed by atoms with van der Waals surface area (Å²) in [6, 6.07) is 15.4. The molecule has 1 saturated carbocycles. The number of nitrogens with one attached hydrogen (secondary N) is 1. The van der Waals surface area contributed by atoms with Crippen LogP contribution in [0.2, 0.25) is 0 Å². The Morgan fingerprint density at radius 3 is 2.49 bits per heavy atom. The zero-order valence-corrected chi connectivity index (χ0v) is 21.1. The van der Waals surface area contributed by atoms with Crippen molar-refractivity contribution in [3.63, 3.8) is 0 Å². The molecular weight excluding hydrogens is 490 g/mol. The summed E-state index contributed by atoms with van der Waals surface area (Å²) in [7, 11) is 0. The Morgan fingerprint density at radius 2 is 1.81 bits per heavy atom. The zero-order chi connectivity index (χ0) is 26.1. The summed E-state index contributed by atoms with van der Waals surface area (Å²) in [6.45, 7) is 1.78. The maximum Gasteiger partial charge on any atom is 0.273 e. The normalized spacial score (nSPS) is 14.5. The van der Waals surface area contributed by atoms with Crippen molar-refractivity contribution in [2.45, 2.75) is 44.7 Å². The molecule has 0 spiro atoms. The number of aromatic nitrogens is 1. The number of anilines is 2. The van der Waals surface area contributed by atoms with E-state index >= 15 is 0 Å². The van der Waals surface area contributed by atoms with Gasteiger partial charge in [0.2, 0.25) is 0 Å². The predicted octanol–water partition coefficient (Wildman–Crippen LogP) is 4.33. The van der Waals surface area contributed by atoms with Gasteiger partial charge in [-0.1, -0.05) is 49.2 Å². The van der Waals surface area contributed by atoms with E-state index in [1.165, 1.54) is 4.90 Å². The quantitative estimate of drug-likeness (QED) is 0.333. The average molecular weight is 518 g/mol. The van der Waals surface area contributed by atoms with E-state index in [-0.39, 0.29) is 28.2 Å². The lowest BCUT2D eigenvalue weighted by molar-refractivity contribution is -0.123. The summed E-state index contributed by atoms with van der Waals surface area (Å²) >= 11 is 0.774. The van der Waals surface area contributed by atoms with Gasteiger partial charge in [-0.15, -0.1) is 0 Å². The maximum absolute atomic E-state index is 14.3. The minimum absolute atomic E-state index is 0.0173. The Kier molecular flexibility index (Phi) is 6.66. The molecule has 0 saturated heterocycles. The Bertz CT molecular complexity index is 1480. The maximum atomic E-state index is 14.3. The van der Waals surface area contributed by atoms with Crippen LogP contribution < -0.4 is 21.7 Å². The number of primary amides is 1. The van der Waals surface area contributed by atoms with E-state index in [1.54, 1.807) is 25.1 Å². The van der Waals surface area contributed by atoms with Gasteiger partial charge in [0.15, 0.2) is 11.7 Å². The summed E-state index contributed by atoms with van der Waals surface area (Å²) in [5, 5.41) is 4.77. The molecule has 2 heterocycles. The number of amides is 3. The first-order chi connectivity index (χ1) is 17.8. The van der Waals surface area contributed by atoms with Crippen molar-refractivity contribution in [1.82, 2.24) is 9.69 Å². The third kappa shape index (κ3) is 4.67. The number of carbonyl (C=O) groups is 3. The molecule has 0 unspecified atom stereocenters. The lowest BCUT2D eigenvalue weighted by Gasteiger charge is -2.31. The highest BCUT2D eigenvalue weighted by molar-refractivity contribution is 7.09. The highest BCUT2D eigenvalue weighted by Gasteiger charge is 2.39. The number of carbonyl (C=O) groups excluding carboxylic acids is 3. The molecule has 190 valence electrons. The minimum atomic E-state index is -1.13. The molecule has 2 aromatic carbocycles. The van der Waals surface area contributed by atoms with E-state index in [0.29, 0.717) is 17.2 Å². The second-order valence-corrected chi connectivity index (χ2v) is 9.93. The molecule has 2 aromatic heterocycles. The first-order valence-corrected chi connectivity index (χ1v) is 12.9. The van der Waals surface area contributed by atoms with Crippen molar-refractivity contribution >= 4 is 51.4 Å². The van der Waals surface area contributed by atoms with Crippen molar-refractivity contribution in [3.05, 3.63) is 76.7 Å². The summed E-state index contributed by atoms with van der Waals surface area (Å²) in [6.07, 6.45) is 3.83. The van der Waals surface area contributed by atoms with E-state index in [1.807, 2.05) is 36.4 Å². The molecule has 1 fully saturated rings. The van der Waals surface area contributed by atoms with Gasteiger partial charge in [0.05, 0.1) is 11.4 Å². The van der Waals surface area contributed by atoms with Crippen LogP contribution in [-0.2, 0) is 4.79 Å². The number of rotatable bonds is 7. The van der Waals surface area contributed by atoms with E-state index in [2.05, 4.69) is 9.69 Å². The molecule has 0 radical (unpaired) electrons. The van der Waals surface area contributed by atoms with Crippen LogP contribution >= 0.6 is 11.5 Å². The third-order valence-corrected chi connectivity index (χ3v) is 7.49. The molecule has 9 nitrogen and oxygen atoms in total. The van der Waals surface area contributed by atoms with Crippen LogP contribution in [0.15, 0.2) is 59.0 Å². The second-order valence-electron chi connectivity index (χ2n) is 9.15. The lowest BCUT2D eigenvalue weighted by atomic mass is 10.0. The van der Waals surface area contributed by atoms with Crippen molar-refractivity contribution in [1.29, 1.82) is 0 Å². The Balaban J connectivity index is 1.70. The van der Waals surface area contributed by atoms with Gasteiger partial charge in [0, 0.05) is 11.4 Å². The molecule has 3 amide bonds. The van der Waals surface area contributed by atoms with Crippen LogP contribution in [0.4, 0.5) is 11.4 Å². The number of furan rings is 1. The topological polar surface area (TPSA) is 145 Å². The van der Waals surface area contributed by atoms with Gasteiger partial charge in [-0.05, 0) is 54.9 Å². The van der Waals surface area contributed by atoms with Gasteiger partial charge in [0.1, 0.15) is 16.4 Å². The first-order valence-electron chi connectivity index (χ1n) is 12.1. The van der Waals surface area contributed by atoms with Crippen LogP contribution in [0.25, 0.3) is 10.8 Å². The highest BCUT2D eigenvalue weighted by Crippen LogP contribution is 2.37. The molecule has 10 heteroatoms. The molecule has 5 N–H and O–H groups in total. The summed E-state index contributed by atoms with van der Waals surface area (Å²) < 4.78 is 9.94. The number of nitrogen functional groups attached to an aromatic ring is 1. The Morgan fingerprint density at radius 1 is 1.08 bits per heavy atom. The smallest absolute Gasteiger partial charge is 0.273 e. The number of hydrogen-bond acceptors (Lipinski definition) is 7. The largest absolute Gasteiger partial charge is 0.464 e.